The van der Waals surface area contributed by atoms with Crippen LogP contribution in [0.4, 0.5) is 5.69 Å². The van der Waals surface area contributed by atoms with Gasteiger partial charge in [0.1, 0.15) is 11.3 Å². The van der Waals surface area contributed by atoms with Crippen molar-refractivity contribution in [2.45, 2.75) is 46.6 Å². The molecular formula is C22H25N3O3. The number of hydrogen-bond acceptors (Lipinski definition) is 4. The molecule has 0 aliphatic heterocycles. The number of aromatic nitrogens is 2. The number of rotatable bonds is 6. The molecule has 1 amide bonds. The molecular weight excluding hydrogens is 354 g/mol. The van der Waals surface area contributed by atoms with Gasteiger partial charge in [0.05, 0.1) is 17.4 Å². The van der Waals surface area contributed by atoms with Crippen LogP contribution >= 0.6 is 0 Å². The third kappa shape index (κ3) is 4.22. The Hall–Kier alpha value is -3.15. The van der Waals surface area contributed by atoms with Crippen LogP contribution in [0.3, 0.4) is 0 Å². The number of hydrogen-bond donors (Lipinski definition) is 1. The van der Waals surface area contributed by atoms with E-state index >= 15 is 0 Å². The van der Waals surface area contributed by atoms with Gasteiger partial charge >= 0.3 is 5.97 Å². The molecule has 0 saturated carbocycles. The Bertz CT molecular complexity index is 1020. The highest BCUT2D eigenvalue weighted by Crippen LogP contribution is 2.19. The third-order valence-corrected chi connectivity index (χ3v) is 4.25. The highest BCUT2D eigenvalue weighted by Gasteiger charge is 2.19. The summed E-state index contributed by atoms with van der Waals surface area (Å²) in [5.41, 5.74) is 4.06. The van der Waals surface area contributed by atoms with Gasteiger partial charge < -0.3 is 10.1 Å². The molecule has 0 atom stereocenters. The molecule has 3 rings (SSSR count). The predicted octanol–water partition coefficient (Wildman–Crippen LogP) is 4.41. The topological polar surface area (TPSA) is 72.7 Å². The Morgan fingerprint density at radius 2 is 2.00 bits per heavy atom. The van der Waals surface area contributed by atoms with Crippen molar-refractivity contribution in [2.75, 3.05) is 5.32 Å². The van der Waals surface area contributed by atoms with E-state index in [0.717, 1.165) is 23.3 Å². The minimum absolute atomic E-state index is 0.205. The largest absolute Gasteiger partial charge is 0.459 e. The highest BCUT2D eigenvalue weighted by molar-refractivity contribution is 6.05. The molecule has 0 bridgehead atoms. The van der Waals surface area contributed by atoms with Crippen LogP contribution in [0, 0.1) is 6.92 Å². The number of fused-ring (bicyclic) bond motifs is 1. The van der Waals surface area contributed by atoms with Gasteiger partial charge in [-0.2, -0.15) is 0 Å². The number of ether oxygens (including phenoxy) is 1. The number of amides is 1. The smallest absolute Gasteiger partial charge is 0.338 e. The normalized spacial score (nSPS) is 11.0. The van der Waals surface area contributed by atoms with Crippen molar-refractivity contribution >= 4 is 23.2 Å². The monoisotopic (exact) mass is 379 g/mol. The van der Waals surface area contributed by atoms with Crippen molar-refractivity contribution < 1.29 is 14.3 Å². The van der Waals surface area contributed by atoms with Crippen LogP contribution in [0.25, 0.3) is 5.65 Å². The van der Waals surface area contributed by atoms with Crippen molar-refractivity contribution in [3.8, 4) is 0 Å². The first-order valence-electron chi connectivity index (χ1n) is 9.49. The fourth-order valence-electron chi connectivity index (χ4n) is 3.04. The molecule has 1 aromatic carbocycles. The summed E-state index contributed by atoms with van der Waals surface area (Å²) < 4.78 is 7.03. The molecule has 0 aliphatic rings. The number of carbonyl (C=O) groups excluding carboxylic acids is 2. The summed E-state index contributed by atoms with van der Waals surface area (Å²) in [5.74, 6) is -0.669. The first kappa shape index (κ1) is 19.6. The molecule has 6 nitrogen and oxygen atoms in total. The molecule has 3 aromatic rings. The number of benzene rings is 1. The zero-order valence-corrected chi connectivity index (χ0v) is 16.7. The lowest BCUT2D eigenvalue weighted by atomic mass is 10.1. The molecule has 0 saturated heterocycles. The van der Waals surface area contributed by atoms with E-state index in [-0.39, 0.29) is 12.0 Å². The van der Waals surface area contributed by atoms with E-state index in [1.165, 1.54) is 0 Å². The number of esters is 1. The molecule has 28 heavy (non-hydrogen) atoms. The van der Waals surface area contributed by atoms with E-state index in [9.17, 15) is 9.59 Å². The van der Waals surface area contributed by atoms with Gasteiger partial charge in [-0.05, 0) is 63.1 Å². The van der Waals surface area contributed by atoms with Gasteiger partial charge in [0.25, 0.3) is 5.91 Å². The average molecular weight is 379 g/mol. The van der Waals surface area contributed by atoms with Gasteiger partial charge in [0.2, 0.25) is 0 Å². The zero-order valence-electron chi connectivity index (χ0n) is 16.7. The molecule has 0 unspecified atom stereocenters. The molecule has 2 aromatic heterocycles. The van der Waals surface area contributed by atoms with Gasteiger partial charge in [-0.3, -0.25) is 9.20 Å². The first-order chi connectivity index (χ1) is 13.4. The van der Waals surface area contributed by atoms with E-state index < -0.39 is 5.97 Å². The summed E-state index contributed by atoms with van der Waals surface area (Å²) in [6.45, 7) is 7.65. The lowest BCUT2D eigenvalue weighted by Crippen LogP contribution is -2.17. The number of nitrogens with zero attached hydrogens (tertiary/aromatic N) is 2. The quantitative estimate of drug-likeness (QED) is 0.644. The number of aryl methyl sites for hydroxylation is 2. The molecule has 0 radical (unpaired) electrons. The highest BCUT2D eigenvalue weighted by atomic mass is 16.5. The Balaban J connectivity index is 1.91. The van der Waals surface area contributed by atoms with Crippen molar-refractivity contribution in [2.24, 2.45) is 0 Å². The Labute approximate surface area is 164 Å². The average Bonchev–Trinajstić information content (AvgIpc) is 2.98. The maximum atomic E-state index is 13.0. The van der Waals surface area contributed by atoms with Crippen LogP contribution in [0.2, 0.25) is 0 Å². The van der Waals surface area contributed by atoms with E-state index in [1.807, 2.05) is 29.7 Å². The molecule has 1 N–H and O–H groups in total. The van der Waals surface area contributed by atoms with Gasteiger partial charge in [-0.1, -0.05) is 19.4 Å². The van der Waals surface area contributed by atoms with Crippen LogP contribution in [-0.4, -0.2) is 27.4 Å². The Morgan fingerprint density at radius 1 is 1.21 bits per heavy atom. The van der Waals surface area contributed by atoms with E-state index in [2.05, 4.69) is 17.2 Å². The van der Waals surface area contributed by atoms with Gasteiger partial charge in [-0.25, -0.2) is 9.78 Å². The number of carbonyl (C=O) groups is 2. The van der Waals surface area contributed by atoms with E-state index in [0.29, 0.717) is 23.4 Å². The minimum atomic E-state index is -0.414. The van der Waals surface area contributed by atoms with Crippen LogP contribution in [0.5, 0.6) is 0 Å². The molecule has 0 spiro atoms. The molecule has 6 heteroatoms. The van der Waals surface area contributed by atoms with Crippen molar-refractivity contribution in [1.29, 1.82) is 0 Å². The number of anilines is 1. The molecule has 146 valence electrons. The van der Waals surface area contributed by atoms with Gasteiger partial charge in [0.15, 0.2) is 0 Å². The molecule has 0 fully saturated rings. The van der Waals surface area contributed by atoms with E-state index in [1.54, 1.807) is 38.1 Å². The standard InChI is InChI=1S/C22H25N3O3/c1-5-7-18-20(25-11-10-15(4)12-19(25)24-18)21(26)23-17-9-6-8-16(13-17)22(27)28-14(2)3/h6,8-14H,5,7H2,1-4H3,(H,23,26). The summed E-state index contributed by atoms with van der Waals surface area (Å²) >= 11 is 0. The summed E-state index contributed by atoms with van der Waals surface area (Å²) in [4.78, 5) is 29.8. The second-order valence-electron chi connectivity index (χ2n) is 7.08. The van der Waals surface area contributed by atoms with E-state index in [4.69, 9.17) is 4.74 Å². The second kappa shape index (κ2) is 8.25. The zero-order chi connectivity index (χ0) is 20.3. The summed E-state index contributed by atoms with van der Waals surface area (Å²) in [7, 11) is 0. The third-order valence-electron chi connectivity index (χ3n) is 4.25. The number of nitrogens with one attached hydrogen (secondary N) is 1. The fourth-order valence-corrected chi connectivity index (χ4v) is 3.04. The summed E-state index contributed by atoms with van der Waals surface area (Å²) in [6.07, 6.45) is 3.26. The Morgan fingerprint density at radius 3 is 2.71 bits per heavy atom. The van der Waals surface area contributed by atoms with Crippen molar-refractivity contribution in [1.82, 2.24) is 9.38 Å². The minimum Gasteiger partial charge on any atom is -0.459 e. The predicted molar refractivity (Wildman–Crippen MR) is 109 cm³/mol. The fraction of sp³-hybridized carbons (Fsp3) is 0.318. The first-order valence-corrected chi connectivity index (χ1v) is 9.49. The van der Waals surface area contributed by atoms with Gasteiger partial charge in [-0.15, -0.1) is 0 Å². The van der Waals surface area contributed by atoms with Gasteiger partial charge in [0, 0.05) is 11.9 Å². The second-order valence-corrected chi connectivity index (χ2v) is 7.08. The van der Waals surface area contributed by atoms with Crippen LogP contribution in [0.15, 0.2) is 42.6 Å². The molecule has 0 aliphatic carbocycles. The maximum absolute atomic E-state index is 13.0. The van der Waals surface area contributed by atoms with Crippen LogP contribution in [0.1, 0.15) is 59.3 Å². The lowest BCUT2D eigenvalue weighted by Gasteiger charge is -2.10. The van der Waals surface area contributed by atoms with Crippen LogP contribution in [-0.2, 0) is 11.2 Å². The summed E-state index contributed by atoms with van der Waals surface area (Å²) in [5, 5.41) is 2.89. The SMILES string of the molecule is CCCc1nc2cc(C)ccn2c1C(=O)Nc1cccc(C(=O)OC(C)C)c1. The van der Waals surface area contributed by atoms with Crippen molar-refractivity contribution in [3.63, 3.8) is 0 Å². The maximum Gasteiger partial charge on any atom is 0.338 e. The van der Waals surface area contributed by atoms with Crippen LogP contribution < -0.4 is 5.32 Å². The Kier molecular flexibility index (Phi) is 5.78. The molecule has 2 heterocycles. The number of pyridine rings is 1. The lowest BCUT2D eigenvalue weighted by molar-refractivity contribution is 0.0377. The van der Waals surface area contributed by atoms with Crippen molar-refractivity contribution in [3.05, 3.63) is 65.1 Å². The number of imidazole rings is 1. The summed E-state index contributed by atoms with van der Waals surface area (Å²) in [6, 6.07) is 10.7.